The van der Waals surface area contributed by atoms with Crippen molar-refractivity contribution in [2.75, 3.05) is 0 Å². The smallest absolute Gasteiger partial charge is 0.356 e. The van der Waals surface area contributed by atoms with E-state index in [1.807, 2.05) is 0 Å². The van der Waals surface area contributed by atoms with Gasteiger partial charge in [-0.3, -0.25) is 0 Å². The van der Waals surface area contributed by atoms with Crippen LogP contribution in [0.3, 0.4) is 0 Å². The fourth-order valence-electron chi connectivity index (χ4n) is 0. The molecule has 0 heterocycles. The first kappa shape index (κ1) is 29.4. The summed E-state index contributed by atoms with van der Waals surface area (Å²) in [4.78, 5) is 33.1. The van der Waals surface area contributed by atoms with Gasteiger partial charge < -0.3 is 51.2 Å². The van der Waals surface area contributed by atoms with Gasteiger partial charge in [-0.25, -0.2) is 0 Å². The molecule has 0 aromatic carbocycles. The Bertz CT molecular complexity index is 159. The van der Waals surface area contributed by atoms with Gasteiger partial charge in [-0.1, -0.05) is 0 Å². The summed E-state index contributed by atoms with van der Waals surface area (Å²) in [7, 11) is 0. The van der Waals surface area contributed by atoms with Crippen LogP contribution in [-0.4, -0.2) is 25.6 Å². The molecule has 0 aliphatic rings. The average molecular weight is 406 g/mol. The zero-order chi connectivity index (χ0) is 14.3. The molecule has 1 radical (unpaired) electrons. The first-order valence-corrected chi connectivity index (χ1v) is 2.21. The van der Waals surface area contributed by atoms with Crippen LogP contribution in [0.25, 0.3) is 0 Å². The molecule has 16 nitrogen and oxygen atoms in total. The van der Waals surface area contributed by atoms with E-state index in [1.54, 1.807) is 0 Å². The molecule has 101 valence electrons. The van der Waals surface area contributed by atoms with Gasteiger partial charge in [0.1, 0.15) is 0 Å². The Morgan fingerprint density at radius 3 is 0.588 bits per heavy atom. The Morgan fingerprint density at radius 2 is 0.588 bits per heavy atom. The van der Waals surface area contributed by atoms with Crippen LogP contribution in [-0.2, 0) is 0 Å². The minimum absolute atomic E-state index is 0. The second kappa shape index (κ2) is 23.7. The largest absolute Gasteiger partial charge is 3.00 e. The number of hydrogen-bond acceptors (Lipinski definition) is 11. The van der Waals surface area contributed by atoms with Crippen molar-refractivity contribution >= 4 is 0 Å². The van der Waals surface area contributed by atoms with Crippen molar-refractivity contribution in [2.45, 2.75) is 0 Å². The van der Waals surface area contributed by atoms with Crippen LogP contribution in [0.1, 0.15) is 0 Å². The maximum absolute atomic E-state index is 8.36. The molecule has 0 saturated heterocycles. The van der Waals surface area contributed by atoms with Crippen LogP contribution >= 0.6 is 0 Å². The number of hydrogen-bond donors (Lipinski definition) is 1. The molecule has 0 aromatic rings. The molecule has 0 aliphatic carbocycles. The SMILES string of the molecule is O=[N+]([O-])O.O=[N+]([O-])[O-].O=[N+]([O-])[O-].O=[N+]([O-])[O-].[Gd+3]. The summed E-state index contributed by atoms with van der Waals surface area (Å²) in [5, 5.41) is 57.9. The molecule has 0 aromatic heterocycles. The predicted octanol–water partition coefficient (Wildman–Crippen LogP) is -1.06. The van der Waals surface area contributed by atoms with Crippen LogP contribution < -0.4 is 0 Å². The monoisotopic (exact) mass is 407 g/mol. The van der Waals surface area contributed by atoms with Crippen molar-refractivity contribution in [3.8, 4) is 0 Å². The maximum atomic E-state index is 8.36. The Kier molecular flexibility index (Phi) is 41.1. The summed E-state index contributed by atoms with van der Waals surface area (Å²) in [6.07, 6.45) is 0. The summed E-state index contributed by atoms with van der Waals surface area (Å²) in [6, 6.07) is 0. The molecule has 0 saturated carbocycles. The van der Waals surface area contributed by atoms with Gasteiger partial charge in [0, 0.05) is 0 Å². The van der Waals surface area contributed by atoms with Crippen molar-refractivity contribution < 1.29 is 65.5 Å². The summed E-state index contributed by atoms with van der Waals surface area (Å²) in [6.45, 7) is 0. The number of nitrogens with zero attached hydrogens (tertiary/aromatic N) is 4. The third-order valence-corrected chi connectivity index (χ3v) is 0. The summed E-state index contributed by atoms with van der Waals surface area (Å²) >= 11 is 0. The minimum Gasteiger partial charge on any atom is -0.356 e. The van der Waals surface area contributed by atoms with E-state index in [2.05, 4.69) is 0 Å². The van der Waals surface area contributed by atoms with Gasteiger partial charge in [0.25, 0.3) is 5.09 Å². The van der Waals surface area contributed by atoms with Gasteiger partial charge in [0.05, 0.1) is 15.3 Å². The zero-order valence-corrected chi connectivity index (χ0v) is 9.35. The van der Waals surface area contributed by atoms with Gasteiger partial charge in [-0.15, -0.1) is 10.1 Å². The van der Waals surface area contributed by atoms with Crippen LogP contribution in [0.4, 0.5) is 0 Å². The Hall–Kier alpha value is -1.88. The molecule has 0 aliphatic heterocycles. The molecular weight excluding hydrogens is 405 g/mol. The molecule has 0 fully saturated rings. The second-order valence-corrected chi connectivity index (χ2v) is 0.909. The maximum Gasteiger partial charge on any atom is 3.00 e. The summed E-state index contributed by atoms with van der Waals surface area (Å²) in [5.41, 5.74) is 0. The second-order valence-electron chi connectivity index (χ2n) is 0.909. The van der Waals surface area contributed by atoms with Crippen LogP contribution in [0.2, 0.25) is 0 Å². The first-order valence-electron chi connectivity index (χ1n) is 2.21. The van der Waals surface area contributed by atoms with Gasteiger partial charge in [-0.2, -0.15) is 0 Å². The van der Waals surface area contributed by atoms with Crippen molar-refractivity contribution in [1.29, 1.82) is 0 Å². The minimum atomic E-state index is -1.75. The molecule has 0 atom stereocenters. The molecule has 0 rings (SSSR count). The average Bonchev–Trinajstić information content (AvgIpc) is 1.76. The van der Waals surface area contributed by atoms with Gasteiger partial charge in [0.15, 0.2) is 0 Å². The van der Waals surface area contributed by atoms with E-state index in [9.17, 15) is 0 Å². The van der Waals surface area contributed by atoms with E-state index in [1.165, 1.54) is 0 Å². The molecule has 0 unspecified atom stereocenters. The van der Waals surface area contributed by atoms with E-state index in [0.717, 1.165) is 0 Å². The summed E-state index contributed by atoms with van der Waals surface area (Å²) < 4.78 is 0. The zero-order valence-electron chi connectivity index (χ0n) is 7.08. The Labute approximate surface area is 121 Å². The quantitative estimate of drug-likeness (QED) is 0.372. The van der Waals surface area contributed by atoms with Crippen LogP contribution in [0.5, 0.6) is 0 Å². The van der Waals surface area contributed by atoms with Crippen LogP contribution in [0, 0.1) is 96.0 Å². The first-order chi connectivity index (χ1) is 6.93. The molecule has 0 bridgehead atoms. The van der Waals surface area contributed by atoms with E-state index < -0.39 is 20.3 Å². The molecule has 1 N–H and O–H groups in total. The summed E-state index contributed by atoms with van der Waals surface area (Å²) in [5.74, 6) is 0. The van der Waals surface area contributed by atoms with Gasteiger partial charge in [-0.05, 0) is 0 Å². The van der Waals surface area contributed by atoms with Gasteiger partial charge in [0.2, 0.25) is 0 Å². The third kappa shape index (κ3) is 590. The van der Waals surface area contributed by atoms with Crippen molar-refractivity contribution in [3.63, 3.8) is 0 Å². The van der Waals surface area contributed by atoms with E-state index in [-0.39, 0.29) is 39.9 Å². The Morgan fingerprint density at radius 1 is 0.588 bits per heavy atom. The fraction of sp³-hybridized carbons (Fsp3) is 0. The number of rotatable bonds is 0. The normalized spacial score (nSPS) is 5.65. The third-order valence-electron chi connectivity index (χ3n) is 0. The van der Waals surface area contributed by atoms with Crippen molar-refractivity contribution in [1.82, 2.24) is 0 Å². The van der Waals surface area contributed by atoms with Crippen molar-refractivity contribution in [3.05, 3.63) is 56.1 Å². The molecular formula is HGdN4O12. The van der Waals surface area contributed by atoms with Gasteiger partial charge >= 0.3 is 39.9 Å². The topological polar surface area (TPSA) is 262 Å². The van der Waals surface area contributed by atoms with E-state index in [4.69, 9.17) is 61.3 Å². The van der Waals surface area contributed by atoms with E-state index in [0.29, 0.717) is 0 Å². The van der Waals surface area contributed by atoms with Crippen molar-refractivity contribution in [2.24, 2.45) is 0 Å². The van der Waals surface area contributed by atoms with E-state index >= 15 is 0 Å². The van der Waals surface area contributed by atoms with Crippen LogP contribution in [0.15, 0.2) is 0 Å². The predicted molar refractivity (Wildman–Crippen MR) is 39.9 cm³/mol. The Balaban J connectivity index is -0.0000000369. The fourth-order valence-corrected chi connectivity index (χ4v) is 0. The molecule has 17 heavy (non-hydrogen) atoms. The standard InChI is InChI=1S/Gd.HNO3.3NO3/c;4*2-1(3)4/h;(H,2,3,4);;;/q+3;;3*-1. The molecule has 17 heteroatoms. The molecule has 0 spiro atoms. The molecule has 0 amide bonds.